The molecule has 0 bridgehead atoms. The maximum atomic E-state index is 11.2. The molecule has 0 atom stereocenters. The van der Waals surface area contributed by atoms with Crippen molar-refractivity contribution in [1.29, 1.82) is 0 Å². The van der Waals surface area contributed by atoms with Crippen LogP contribution in [0.3, 0.4) is 0 Å². The van der Waals surface area contributed by atoms with Gasteiger partial charge in [-0.15, -0.1) is 13.2 Å². The van der Waals surface area contributed by atoms with Crippen molar-refractivity contribution in [1.82, 2.24) is 4.98 Å². The van der Waals surface area contributed by atoms with E-state index in [0.29, 0.717) is 36.5 Å². The van der Waals surface area contributed by atoms with Gasteiger partial charge in [0.25, 0.3) is 0 Å². The molecule has 0 unspecified atom stereocenters. The summed E-state index contributed by atoms with van der Waals surface area (Å²) in [6, 6.07) is 45.6. The average molecular weight is 1300 g/mol. The van der Waals surface area contributed by atoms with E-state index < -0.39 is 17.9 Å². The average Bonchev–Trinajstić information content (AvgIpc) is 3.91. The number of nitrogens with zero attached hydrogens (tertiary/aromatic N) is 2. The van der Waals surface area contributed by atoms with Crippen LogP contribution in [0.5, 0.6) is 17.2 Å². The van der Waals surface area contributed by atoms with Crippen LogP contribution in [0.4, 0.5) is 5.69 Å². The number of para-hydroxylation sites is 2. The van der Waals surface area contributed by atoms with Crippen molar-refractivity contribution >= 4 is 53.9 Å². The summed E-state index contributed by atoms with van der Waals surface area (Å²) in [5.41, 5.74) is 15.4. The van der Waals surface area contributed by atoms with E-state index in [4.69, 9.17) is 13.0 Å². The van der Waals surface area contributed by atoms with Crippen LogP contribution >= 0.6 is 31.9 Å². The molecule has 6 aromatic carbocycles. The predicted molar refractivity (Wildman–Crippen MR) is 345 cm³/mol. The van der Waals surface area contributed by atoms with Gasteiger partial charge in [-0.25, -0.2) is 0 Å². The van der Waals surface area contributed by atoms with Gasteiger partial charge in [-0.2, -0.15) is 11.4 Å². The molecule has 0 saturated heterocycles. The molecular weight excluding hydrogens is 1220 g/mol. The van der Waals surface area contributed by atoms with Gasteiger partial charge in [0, 0.05) is 22.9 Å². The standard InChI is InChI=1S/C21H22Br2O.C12H14O2.C11H12O2.C10H12.C7H7N.C6H8N.C3H6.CH4.Mo/c1-12-17(22)10-13-6-2-4-8-15(13)19(12)20-16-9-5-3-7-14(16)11-18(23)21(20)24;1-2-3-5-10-12(13)14-11-8-6-4-7-9-11;1-2-3-9-11(12)13-10-7-5-4-6-8-10;1-10(2,3)9-7-5-4-6-8-9;1-6-4-2-3-5-7(6)8;1-5-3-4-6(2)7-5;1-3-2;;/h10-11,24H,2-9H2,1H3;2-4,6-9H,5,10H2,1H3;2,4-8H,1,3,9H2;1,4-8H,2-3H3;2-5H,1H3;3-4H,1-2H3;3H,1H2,2H3;1H4;/q;;;;;-1;;;/b;3-2-;;;;;;;. The van der Waals surface area contributed by atoms with E-state index in [-0.39, 0.29) is 24.8 Å². The molecule has 7 nitrogen and oxygen atoms in total. The molecule has 0 spiro atoms. The van der Waals surface area contributed by atoms with E-state index in [1.807, 2.05) is 88.4 Å². The molecule has 0 saturated carbocycles. The molecule has 81 heavy (non-hydrogen) atoms. The van der Waals surface area contributed by atoms with Crippen molar-refractivity contribution in [2.45, 2.75) is 145 Å². The van der Waals surface area contributed by atoms with Gasteiger partial charge < -0.3 is 19.6 Å². The van der Waals surface area contributed by atoms with Gasteiger partial charge in [0.05, 0.1) is 4.47 Å². The number of carbonyl (C=O) groups is 2. The monoisotopic (exact) mass is 1300 g/mol. The van der Waals surface area contributed by atoms with Crippen molar-refractivity contribution in [3.05, 3.63) is 236 Å². The third-order valence-electron chi connectivity index (χ3n) is 13.0. The van der Waals surface area contributed by atoms with Gasteiger partial charge >= 0.3 is 135 Å². The second-order valence-corrected chi connectivity index (χ2v) is 23.2. The molecule has 10 heteroatoms. The Labute approximate surface area is 510 Å². The summed E-state index contributed by atoms with van der Waals surface area (Å²) in [6.45, 7) is 23.5. The van der Waals surface area contributed by atoms with Crippen LogP contribution in [-0.4, -0.2) is 21.4 Å². The van der Waals surface area contributed by atoms with Gasteiger partial charge in [0.2, 0.25) is 0 Å². The van der Waals surface area contributed by atoms with Crippen LogP contribution in [0.15, 0.2) is 189 Å². The van der Waals surface area contributed by atoms with Crippen molar-refractivity contribution in [2.75, 3.05) is 0 Å². The van der Waals surface area contributed by atoms with Crippen LogP contribution in [0.1, 0.15) is 137 Å². The molecule has 2 aliphatic carbocycles. The number of benzene rings is 6. The van der Waals surface area contributed by atoms with Crippen LogP contribution in [0.2, 0.25) is 0 Å². The van der Waals surface area contributed by atoms with E-state index in [9.17, 15) is 14.7 Å². The topological polar surface area (TPSA) is 99.3 Å². The van der Waals surface area contributed by atoms with Crippen LogP contribution in [-0.2, 0) is 58.6 Å². The summed E-state index contributed by atoms with van der Waals surface area (Å²) in [4.78, 5) is 26.4. The first-order chi connectivity index (χ1) is 38.5. The number of allylic oxidation sites excluding steroid dienone is 4. The molecule has 0 amide bonds. The minimum absolute atomic E-state index is 0. The zero-order valence-electron chi connectivity index (χ0n) is 48.2. The first-order valence-corrected chi connectivity index (χ1v) is 31.2. The number of fused-ring (bicyclic) bond motifs is 2. The Morgan fingerprint density at radius 2 is 1.11 bits per heavy atom. The van der Waals surface area contributed by atoms with Gasteiger partial charge in [0.1, 0.15) is 17.2 Å². The Kier molecular flexibility index (Phi) is 32.3. The molecule has 2 aliphatic rings. The van der Waals surface area contributed by atoms with Crippen LogP contribution in [0.25, 0.3) is 11.1 Å². The molecule has 7 aromatic rings. The number of aromatic hydroxyl groups is 1. The van der Waals surface area contributed by atoms with E-state index in [2.05, 4.69) is 149 Å². The summed E-state index contributed by atoms with van der Waals surface area (Å²) < 4.78 is 19.3. The summed E-state index contributed by atoms with van der Waals surface area (Å²) in [5, 5.41) is 11.0. The van der Waals surface area contributed by atoms with Gasteiger partial charge in [-0.05, 0) is 171 Å². The molecule has 0 aliphatic heterocycles. The third-order valence-corrected chi connectivity index (χ3v) is 16.9. The number of halogens is 2. The summed E-state index contributed by atoms with van der Waals surface area (Å²) in [5.74, 6) is 1.22. The fourth-order valence-electron chi connectivity index (χ4n) is 8.79. The van der Waals surface area contributed by atoms with Crippen molar-refractivity contribution in [3.8, 4) is 28.4 Å². The second-order valence-electron chi connectivity index (χ2n) is 20.0. The molecule has 9 rings (SSSR count). The van der Waals surface area contributed by atoms with E-state index in [1.165, 1.54) is 74.7 Å². The summed E-state index contributed by atoms with van der Waals surface area (Å²) >= 11 is 6.89. The van der Waals surface area contributed by atoms with Crippen LogP contribution in [0, 0.1) is 27.7 Å². The van der Waals surface area contributed by atoms with Crippen molar-refractivity contribution in [2.24, 2.45) is 3.50 Å². The first kappa shape index (κ1) is 69.1. The van der Waals surface area contributed by atoms with E-state index >= 15 is 0 Å². The van der Waals surface area contributed by atoms with Crippen molar-refractivity contribution in [3.63, 3.8) is 0 Å². The zero-order valence-corrected chi connectivity index (χ0v) is 53.4. The predicted octanol–water partition coefficient (Wildman–Crippen LogP) is 19.9. The number of phenols is 1. The first-order valence-electron chi connectivity index (χ1n) is 27.6. The molecule has 0 radical (unpaired) electrons. The Hall–Kier alpha value is -6.12. The summed E-state index contributed by atoms with van der Waals surface area (Å²) in [7, 11) is 0. The molecule has 0 fully saturated rings. The number of carbonyl (C=O) groups excluding carboxylic acids is 2. The van der Waals surface area contributed by atoms with Gasteiger partial charge in [-0.1, -0.05) is 110 Å². The molecule has 1 aromatic heterocycles. The minimum atomic E-state index is -0.473. The molecule has 430 valence electrons. The number of hydrogen-bond acceptors (Lipinski definition) is 6. The number of esters is 2. The Balaban J connectivity index is 0.000000273. The molecule has 1 N–H and O–H groups in total. The zero-order chi connectivity index (χ0) is 58.3. The maximum absolute atomic E-state index is 11.2. The third kappa shape index (κ3) is 24.1. The Morgan fingerprint density at radius 3 is 1.59 bits per heavy atom. The molecule has 1 heterocycles. The number of ether oxygens (including phenoxy) is 2. The number of rotatable bonds is 12. The van der Waals surface area contributed by atoms with Gasteiger partial charge in [-0.3, -0.25) is 9.59 Å². The number of aromatic nitrogens is 1. The Morgan fingerprint density at radius 1 is 0.654 bits per heavy atom. The Bertz CT molecular complexity index is 3050. The number of hydrogen-bond donors (Lipinski definition) is 1. The number of phenolic OH excluding ortho intramolecular Hbond substituents is 1. The second kappa shape index (κ2) is 37.8. The fourth-order valence-corrected chi connectivity index (χ4v) is 11.6. The van der Waals surface area contributed by atoms with E-state index in [0.717, 1.165) is 59.2 Å². The van der Waals surface area contributed by atoms with E-state index in [1.54, 1.807) is 36.4 Å². The van der Waals surface area contributed by atoms with Gasteiger partial charge in [0.15, 0.2) is 0 Å². The molecular formula is C71H85Br2MoN2O5-. The van der Waals surface area contributed by atoms with Crippen molar-refractivity contribution < 1.29 is 42.1 Å². The van der Waals surface area contributed by atoms with Crippen LogP contribution < -0.4 is 14.5 Å². The summed E-state index contributed by atoms with van der Waals surface area (Å²) in [6.07, 6.45) is 19.0. The fraction of sp³-hybridized carbons (Fsp3) is 0.310. The normalized spacial score (nSPS) is 11.7. The quantitative estimate of drug-likeness (QED) is 0.0566. The SMILES string of the molecule is C.C/C=C\CCC(=O)Oc1ccccc1.C=CC.C=CCCC(=O)Oc1ccccc1.Cc1c(Br)cc2c(c1-c1c(O)c(Br)cc3c1CCCC3)CCCC2.Cc1ccc(C)[n-]1.Cc1ccccc1[N]=[Mo]=[CH]C(C)(C)c1ccccc1. The number of aryl methyl sites for hydroxylation is 5.